The van der Waals surface area contributed by atoms with Gasteiger partial charge in [-0.15, -0.1) is 0 Å². The Bertz CT molecular complexity index is 410. The fraction of sp³-hybridized carbons (Fsp3) is 0.875. The van der Waals surface area contributed by atoms with Gasteiger partial charge in [0, 0.05) is 19.0 Å². The van der Waals surface area contributed by atoms with Crippen molar-refractivity contribution in [2.45, 2.75) is 59.5 Å². The van der Waals surface area contributed by atoms with Crippen molar-refractivity contribution in [1.29, 1.82) is 0 Å². The van der Waals surface area contributed by atoms with Gasteiger partial charge in [0.25, 0.3) is 0 Å². The number of hydrogen-bond donors (Lipinski definition) is 1. The van der Waals surface area contributed by atoms with Crippen LogP contribution in [-0.4, -0.2) is 40.7 Å². The predicted octanol–water partition coefficient (Wildman–Crippen LogP) is 2.48. The normalized spacial score (nSPS) is 19.9. The van der Waals surface area contributed by atoms with Crippen LogP contribution in [0.5, 0.6) is 0 Å². The molecule has 21 heavy (non-hydrogen) atoms. The minimum atomic E-state index is 0.499. The van der Waals surface area contributed by atoms with E-state index >= 15 is 0 Å². The molecule has 1 saturated heterocycles. The van der Waals surface area contributed by atoms with Crippen LogP contribution in [0.3, 0.4) is 0 Å². The van der Waals surface area contributed by atoms with E-state index in [2.05, 4.69) is 48.1 Å². The highest BCUT2D eigenvalue weighted by atomic mass is 16.5. The molecule has 0 aliphatic carbocycles. The minimum Gasteiger partial charge on any atom is -0.339 e. The van der Waals surface area contributed by atoms with Crippen LogP contribution in [0, 0.1) is 11.8 Å². The molecule has 2 rings (SSSR count). The van der Waals surface area contributed by atoms with Crippen LogP contribution < -0.4 is 5.32 Å². The number of aromatic nitrogens is 2. The van der Waals surface area contributed by atoms with E-state index in [1.807, 2.05) is 0 Å². The highest BCUT2D eigenvalue weighted by molar-refractivity contribution is 4.88. The molecule has 0 amide bonds. The molecule has 1 aliphatic heterocycles. The SMILES string of the molecule is CC(C)Cc1nc(CN(CC2CCCNC2)C(C)C)no1. The van der Waals surface area contributed by atoms with Gasteiger partial charge in [-0.25, -0.2) is 0 Å². The maximum atomic E-state index is 5.35. The first-order chi connectivity index (χ1) is 10.0. The third kappa shape index (κ3) is 5.40. The molecule has 0 spiro atoms. The van der Waals surface area contributed by atoms with Gasteiger partial charge in [-0.3, -0.25) is 4.90 Å². The number of hydrogen-bond acceptors (Lipinski definition) is 5. The minimum absolute atomic E-state index is 0.499. The summed E-state index contributed by atoms with van der Waals surface area (Å²) in [5.41, 5.74) is 0. The second-order valence-electron chi connectivity index (χ2n) is 6.94. The van der Waals surface area contributed by atoms with Crippen LogP contribution >= 0.6 is 0 Å². The predicted molar refractivity (Wildman–Crippen MR) is 84.0 cm³/mol. The molecule has 1 unspecified atom stereocenters. The molecule has 1 atom stereocenters. The summed E-state index contributed by atoms with van der Waals surface area (Å²) < 4.78 is 5.35. The Kier molecular flexibility index (Phi) is 6.18. The molecule has 1 fully saturated rings. The first kappa shape index (κ1) is 16.4. The van der Waals surface area contributed by atoms with Gasteiger partial charge < -0.3 is 9.84 Å². The Balaban J connectivity index is 1.90. The first-order valence-electron chi connectivity index (χ1n) is 8.30. The van der Waals surface area contributed by atoms with Crippen molar-refractivity contribution in [3.63, 3.8) is 0 Å². The van der Waals surface area contributed by atoms with Crippen LogP contribution in [0.25, 0.3) is 0 Å². The summed E-state index contributed by atoms with van der Waals surface area (Å²) >= 11 is 0. The summed E-state index contributed by atoms with van der Waals surface area (Å²) in [6.07, 6.45) is 3.47. The van der Waals surface area contributed by atoms with Crippen LogP contribution in [0.4, 0.5) is 0 Å². The number of piperidine rings is 1. The maximum absolute atomic E-state index is 5.35. The van der Waals surface area contributed by atoms with E-state index in [9.17, 15) is 0 Å². The van der Waals surface area contributed by atoms with Crippen LogP contribution in [0.15, 0.2) is 4.52 Å². The summed E-state index contributed by atoms with van der Waals surface area (Å²) in [4.78, 5) is 6.99. The Morgan fingerprint density at radius 1 is 1.33 bits per heavy atom. The lowest BCUT2D eigenvalue weighted by molar-refractivity contribution is 0.158. The Labute approximate surface area is 128 Å². The van der Waals surface area contributed by atoms with Crippen molar-refractivity contribution < 1.29 is 4.52 Å². The van der Waals surface area contributed by atoms with Crippen LogP contribution in [0.2, 0.25) is 0 Å². The second-order valence-corrected chi connectivity index (χ2v) is 6.94. The van der Waals surface area contributed by atoms with E-state index in [1.54, 1.807) is 0 Å². The molecule has 1 aromatic heterocycles. The molecule has 1 aromatic rings. The Hall–Kier alpha value is -0.940. The molecule has 5 nitrogen and oxygen atoms in total. The van der Waals surface area contributed by atoms with Gasteiger partial charge >= 0.3 is 0 Å². The van der Waals surface area contributed by atoms with Gasteiger partial charge in [-0.2, -0.15) is 4.98 Å². The molecule has 2 heterocycles. The maximum Gasteiger partial charge on any atom is 0.226 e. The lowest BCUT2D eigenvalue weighted by atomic mass is 9.98. The zero-order valence-corrected chi connectivity index (χ0v) is 13.9. The van der Waals surface area contributed by atoms with E-state index in [0.717, 1.165) is 43.7 Å². The van der Waals surface area contributed by atoms with E-state index in [-0.39, 0.29) is 0 Å². The van der Waals surface area contributed by atoms with Gasteiger partial charge in [0.05, 0.1) is 6.54 Å². The molecule has 0 radical (unpaired) electrons. The summed E-state index contributed by atoms with van der Waals surface area (Å²) in [5.74, 6) is 2.88. The molecule has 0 aromatic carbocycles. The number of nitrogens with zero attached hydrogens (tertiary/aromatic N) is 3. The van der Waals surface area contributed by atoms with Crippen LogP contribution in [-0.2, 0) is 13.0 Å². The van der Waals surface area contributed by atoms with Crippen molar-refractivity contribution in [2.24, 2.45) is 11.8 Å². The quantitative estimate of drug-likeness (QED) is 0.837. The summed E-state index contributed by atoms with van der Waals surface area (Å²) in [7, 11) is 0. The molecule has 1 aliphatic rings. The van der Waals surface area contributed by atoms with E-state index in [4.69, 9.17) is 4.52 Å². The highest BCUT2D eigenvalue weighted by Gasteiger charge is 2.20. The summed E-state index contributed by atoms with van der Waals surface area (Å²) in [6.45, 7) is 13.0. The molecule has 0 bridgehead atoms. The van der Waals surface area contributed by atoms with Crippen molar-refractivity contribution in [1.82, 2.24) is 20.4 Å². The Morgan fingerprint density at radius 3 is 2.76 bits per heavy atom. The fourth-order valence-corrected chi connectivity index (χ4v) is 2.84. The highest BCUT2D eigenvalue weighted by Crippen LogP contribution is 2.16. The number of rotatable bonds is 7. The Morgan fingerprint density at radius 2 is 2.14 bits per heavy atom. The van der Waals surface area contributed by atoms with Gasteiger partial charge in [-0.1, -0.05) is 19.0 Å². The van der Waals surface area contributed by atoms with E-state index < -0.39 is 0 Å². The van der Waals surface area contributed by atoms with Crippen molar-refractivity contribution in [3.05, 3.63) is 11.7 Å². The van der Waals surface area contributed by atoms with Crippen molar-refractivity contribution in [3.8, 4) is 0 Å². The molecule has 1 N–H and O–H groups in total. The molecule has 0 saturated carbocycles. The lowest BCUT2D eigenvalue weighted by Crippen LogP contribution is -2.41. The largest absolute Gasteiger partial charge is 0.339 e. The van der Waals surface area contributed by atoms with Gasteiger partial charge in [0.1, 0.15) is 0 Å². The zero-order chi connectivity index (χ0) is 15.2. The zero-order valence-electron chi connectivity index (χ0n) is 13.9. The lowest BCUT2D eigenvalue weighted by Gasteiger charge is -2.31. The van der Waals surface area contributed by atoms with Crippen molar-refractivity contribution >= 4 is 0 Å². The van der Waals surface area contributed by atoms with Gasteiger partial charge in [-0.05, 0) is 51.6 Å². The number of nitrogens with one attached hydrogen (secondary N) is 1. The van der Waals surface area contributed by atoms with Gasteiger partial charge in [0.15, 0.2) is 5.82 Å². The summed E-state index contributed by atoms with van der Waals surface area (Å²) in [6, 6.07) is 0.499. The monoisotopic (exact) mass is 294 g/mol. The molecule has 120 valence electrons. The van der Waals surface area contributed by atoms with Gasteiger partial charge in [0.2, 0.25) is 5.89 Å². The molecular weight excluding hydrogens is 264 g/mol. The average Bonchev–Trinajstić information content (AvgIpc) is 2.85. The first-order valence-corrected chi connectivity index (χ1v) is 8.30. The third-order valence-electron chi connectivity index (χ3n) is 4.06. The molecule has 5 heteroatoms. The van der Waals surface area contributed by atoms with Crippen molar-refractivity contribution in [2.75, 3.05) is 19.6 Å². The van der Waals surface area contributed by atoms with Crippen LogP contribution in [0.1, 0.15) is 52.3 Å². The smallest absolute Gasteiger partial charge is 0.226 e. The third-order valence-corrected chi connectivity index (χ3v) is 4.06. The molecular formula is C16H30N4O. The average molecular weight is 294 g/mol. The second kappa shape index (κ2) is 7.90. The standard InChI is InChI=1S/C16H30N4O/c1-12(2)8-16-18-15(19-21-16)11-20(13(3)4)10-14-6-5-7-17-9-14/h12-14,17H,5-11H2,1-4H3. The topological polar surface area (TPSA) is 54.2 Å². The van der Waals surface area contributed by atoms with E-state index in [0.29, 0.717) is 12.0 Å². The van der Waals surface area contributed by atoms with E-state index in [1.165, 1.54) is 19.4 Å². The summed E-state index contributed by atoms with van der Waals surface area (Å²) in [5, 5.41) is 7.63. The fourth-order valence-electron chi connectivity index (χ4n) is 2.84.